The second-order valence-corrected chi connectivity index (χ2v) is 3.64. The normalized spacial score (nSPS) is 22.4. The molecule has 0 N–H and O–H groups in total. The molecule has 1 aromatic carbocycles. The quantitative estimate of drug-likeness (QED) is 0.592. The van der Waals surface area contributed by atoms with Crippen LogP contribution in [0.2, 0.25) is 0 Å². The highest BCUT2D eigenvalue weighted by Gasteiger charge is 2.39. The smallest absolute Gasteiger partial charge is 0.178 e. The Morgan fingerprint density at radius 3 is 2.60 bits per heavy atom. The molecular formula is C13H7O2. The van der Waals surface area contributed by atoms with E-state index < -0.39 is 5.92 Å². The van der Waals surface area contributed by atoms with Crippen LogP contribution in [0.4, 0.5) is 0 Å². The van der Waals surface area contributed by atoms with Gasteiger partial charge in [0, 0.05) is 5.56 Å². The van der Waals surface area contributed by atoms with Gasteiger partial charge in [-0.3, -0.25) is 9.59 Å². The Kier molecular flexibility index (Phi) is 1.54. The second kappa shape index (κ2) is 2.76. The molecule has 2 heteroatoms. The molecule has 0 aliphatic heterocycles. The number of fused-ring (bicyclic) bond motifs is 3. The van der Waals surface area contributed by atoms with Crippen molar-refractivity contribution in [3.63, 3.8) is 0 Å². The topological polar surface area (TPSA) is 34.1 Å². The maximum absolute atomic E-state index is 11.9. The fourth-order valence-corrected chi connectivity index (χ4v) is 2.12. The molecule has 2 nitrogen and oxygen atoms in total. The van der Waals surface area contributed by atoms with E-state index in [2.05, 4.69) is 6.08 Å². The summed E-state index contributed by atoms with van der Waals surface area (Å²) in [7, 11) is 0. The molecule has 0 heterocycles. The van der Waals surface area contributed by atoms with E-state index in [4.69, 9.17) is 0 Å². The molecule has 0 spiro atoms. The first kappa shape index (κ1) is 8.36. The molecule has 15 heavy (non-hydrogen) atoms. The lowest BCUT2D eigenvalue weighted by molar-refractivity contribution is -0.115. The summed E-state index contributed by atoms with van der Waals surface area (Å²) in [5.74, 6) is -0.861. The summed E-state index contributed by atoms with van der Waals surface area (Å²) < 4.78 is 0. The molecule has 1 atom stereocenters. The van der Waals surface area contributed by atoms with Crippen LogP contribution in [0.1, 0.15) is 15.9 Å². The molecule has 2 aliphatic rings. The number of benzene rings is 1. The number of allylic oxidation sites excluding steroid dienone is 4. The summed E-state index contributed by atoms with van der Waals surface area (Å²) in [6.45, 7) is 0. The molecule has 0 amide bonds. The molecular weight excluding hydrogens is 188 g/mol. The number of rotatable bonds is 0. The van der Waals surface area contributed by atoms with Crippen molar-refractivity contribution >= 4 is 17.1 Å². The number of carbonyl (C=O) groups excluding carboxylic acids is 2. The highest BCUT2D eigenvalue weighted by Crippen LogP contribution is 2.38. The minimum absolute atomic E-state index is 0.0950. The minimum Gasteiger partial charge on any atom is -0.294 e. The van der Waals surface area contributed by atoms with Gasteiger partial charge in [0.2, 0.25) is 0 Å². The van der Waals surface area contributed by atoms with E-state index in [0.29, 0.717) is 5.56 Å². The van der Waals surface area contributed by atoms with Gasteiger partial charge >= 0.3 is 0 Å². The van der Waals surface area contributed by atoms with Gasteiger partial charge in [-0.15, -0.1) is 0 Å². The molecule has 71 valence electrons. The lowest BCUT2D eigenvalue weighted by atomic mass is 9.91. The summed E-state index contributed by atoms with van der Waals surface area (Å²) >= 11 is 0. The zero-order valence-corrected chi connectivity index (χ0v) is 7.86. The van der Waals surface area contributed by atoms with Gasteiger partial charge in [-0.1, -0.05) is 30.3 Å². The third-order valence-corrected chi connectivity index (χ3v) is 2.80. The standard InChI is InChI=1S/C13H7O2/c14-11-7-3-6-9-8-4-1-2-5-10(8)13(15)12(9)11/h1-5,7,12H. The molecule has 3 rings (SSSR count). The van der Waals surface area contributed by atoms with Gasteiger partial charge in [0.15, 0.2) is 11.6 Å². The van der Waals surface area contributed by atoms with Crippen molar-refractivity contribution in [2.24, 2.45) is 5.92 Å². The SMILES string of the molecule is O=C1C=C[C]=C2c3ccccc3C(=O)C12. The molecule has 1 aromatic rings. The van der Waals surface area contributed by atoms with E-state index in [-0.39, 0.29) is 11.6 Å². The van der Waals surface area contributed by atoms with Crippen LogP contribution in [0, 0.1) is 12.0 Å². The van der Waals surface area contributed by atoms with Crippen molar-refractivity contribution in [1.29, 1.82) is 0 Å². The lowest BCUT2D eigenvalue weighted by Crippen LogP contribution is -2.19. The van der Waals surface area contributed by atoms with Gasteiger partial charge in [-0.2, -0.15) is 0 Å². The summed E-state index contributed by atoms with van der Waals surface area (Å²) in [6, 6.07) is 7.30. The van der Waals surface area contributed by atoms with Crippen LogP contribution in [-0.4, -0.2) is 11.6 Å². The Morgan fingerprint density at radius 1 is 1.07 bits per heavy atom. The van der Waals surface area contributed by atoms with Crippen LogP contribution in [0.5, 0.6) is 0 Å². The molecule has 0 bridgehead atoms. The van der Waals surface area contributed by atoms with Crippen molar-refractivity contribution in [3.05, 3.63) is 53.6 Å². The predicted octanol–water partition coefficient (Wildman–Crippen LogP) is 1.82. The van der Waals surface area contributed by atoms with Gasteiger partial charge in [0.25, 0.3) is 0 Å². The third kappa shape index (κ3) is 0.988. The first-order valence-corrected chi connectivity index (χ1v) is 4.76. The predicted molar refractivity (Wildman–Crippen MR) is 55.1 cm³/mol. The number of ketones is 2. The first-order valence-electron chi connectivity index (χ1n) is 4.76. The van der Waals surface area contributed by atoms with E-state index >= 15 is 0 Å². The largest absolute Gasteiger partial charge is 0.294 e. The van der Waals surface area contributed by atoms with Crippen LogP contribution in [-0.2, 0) is 4.79 Å². The van der Waals surface area contributed by atoms with E-state index in [1.807, 2.05) is 18.2 Å². The van der Waals surface area contributed by atoms with E-state index in [1.165, 1.54) is 6.08 Å². The number of carbonyl (C=O) groups is 2. The first-order chi connectivity index (χ1) is 7.29. The van der Waals surface area contributed by atoms with Crippen molar-refractivity contribution in [2.75, 3.05) is 0 Å². The number of hydrogen-bond donors (Lipinski definition) is 0. The molecule has 1 unspecified atom stereocenters. The Bertz CT molecular complexity index is 535. The minimum atomic E-state index is -0.632. The van der Waals surface area contributed by atoms with Crippen LogP contribution in [0.15, 0.2) is 36.4 Å². The average molecular weight is 195 g/mol. The molecule has 0 aromatic heterocycles. The zero-order valence-electron chi connectivity index (χ0n) is 7.86. The molecule has 1 radical (unpaired) electrons. The highest BCUT2D eigenvalue weighted by molar-refractivity contribution is 6.27. The van der Waals surface area contributed by atoms with Crippen molar-refractivity contribution in [3.8, 4) is 0 Å². The van der Waals surface area contributed by atoms with Crippen LogP contribution < -0.4 is 0 Å². The molecule has 2 aliphatic carbocycles. The Labute approximate surface area is 86.9 Å². The monoisotopic (exact) mass is 195 g/mol. The molecule has 0 saturated carbocycles. The summed E-state index contributed by atoms with van der Waals surface area (Å²) in [6.07, 6.45) is 5.99. The van der Waals surface area contributed by atoms with E-state index in [1.54, 1.807) is 12.1 Å². The van der Waals surface area contributed by atoms with E-state index in [9.17, 15) is 9.59 Å². The highest BCUT2D eigenvalue weighted by atomic mass is 16.2. The van der Waals surface area contributed by atoms with Crippen molar-refractivity contribution in [1.82, 2.24) is 0 Å². The second-order valence-electron chi connectivity index (χ2n) is 3.64. The van der Waals surface area contributed by atoms with Crippen LogP contribution >= 0.6 is 0 Å². The van der Waals surface area contributed by atoms with Crippen molar-refractivity contribution < 1.29 is 9.59 Å². The average Bonchev–Trinajstić information content (AvgIpc) is 2.55. The van der Waals surface area contributed by atoms with Crippen molar-refractivity contribution in [2.45, 2.75) is 0 Å². The maximum atomic E-state index is 11.9. The van der Waals surface area contributed by atoms with Crippen LogP contribution in [0.3, 0.4) is 0 Å². The Morgan fingerprint density at radius 2 is 1.80 bits per heavy atom. The van der Waals surface area contributed by atoms with E-state index in [0.717, 1.165) is 11.1 Å². The van der Waals surface area contributed by atoms with Gasteiger partial charge in [-0.25, -0.2) is 0 Å². The maximum Gasteiger partial charge on any atom is 0.178 e. The summed E-state index contributed by atoms with van der Waals surface area (Å²) in [5, 5.41) is 0. The van der Waals surface area contributed by atoms with Crippen LogP contribution in [0.25, 0.3) is 5.57 Å². The lowest BCUT2D eigenvalue weighted by Gasteiger charge is -2.09. The summed E-state index contributed by atoms with van der Waals surface area (Å²) in [4.78, 5) is 23.5. The molecule has 0 fully saturated rings. The zero-order chi connectivity index (χ0) is 10.4. The van der Waals surface area contributed by atoms with Gasteiger partial charge in [0.05, 0.1) is 0 Å². The third-order valence-electron chi connectivity index (χ3n) is 2.80. The molecule has 0 saturated heterocycles. The Balaban J connectivity index is 2.29. The van der Waals surface area contributed by atoms with Gasteiger partial charge in [0.1, 0.15) is 5.92 Å². The Hall–Kier alpha value is -1.96. The van der Waals surface area contributed by atoms with Gasteiger partial charge in [-0.05, 0) is 23.3 Å². The van der Waals surface area contributed by atoms with Gasteiger partial charge < -0.3 is 0 Å². The summed E-state index contributed by atoms with van der Waals surface area (Å²) in [5.41, 5.74) is 2.22. The number of Topliss-reactive ketones (excluding diaryl/α,β-unsaturated/α-hetero) is 1. The fourth-order valence-electron chi connectivity index (χ4n) is 2.12. The fraction of sp³-hybridized carbons (Fsp3) is 0.0769. The number of hydrogen-bond acceptors (Lipinski definition) is 2.